The van der Waals surface area contributed by atoms with Gasteiger partial charge in [0.1, 0.15) is 5.82 Å². The van der Waals surface area contributed by atoms with Crippen LogP contribution < -0.4 is 10.2 Å². The molecule has 0 spiro atoms. The normalized spacial score (nSPS) is 12.6. The van der Waals surface area contributed by atoms with Crippen molar-refractivity contribution >= 4 is 22.8 Å². The molecule has 2 aromatic heterocycles. The van der Waals surface area contributed by atoms with Gasteiger partial charge in [0.05, 0.1) is 11.6 Å². The van der Waals surface area contributed by atoms with Crippen molar-refractivity contribution in [3.8, 4) is 0 Å². The monoisotopic (exact) mass is 276 g/mol. The first-order chi connectivity index (χ1) is 9.65. The molecular formula is C14H24N6. The van der Waals surface area contributed by atoms with Crippen LogP contribution in [0.4, 0.5) is 11.8 Å². The summed E-state index contributed by atoms with van der Waals surface area (Å²) in [6.45, 7) is 8.42. The first-order valence-electron chi connectivity index (χ1n) is 7.31. The van der Waals surface area contributed by atoms with Crippen LogP contribution in [-0.4, -0.2) is 40.3 Å². The highest BCUT2D eigenvalue weighted by molar-refractivity contribution is 5.87. The molecule has 0 bridgehead atoms. The van der Waals surface area contributed by atoms with Crippen LogP contribution in [0.3, 0.4) is 0 Å². The summed E-state index contributed by atoms with van der Waals surface area (Å²) in [6.07, 6.45) is 3.99. The smallest absolute Gasteiger partial charge is 0.226 e. The Labute approximate surface area is 120 Å². The maximum absolute atomic E-state index is 4.64. The van der Waals surface area contributed by atoms with Crippen LogP contribution in [0.25, 0.3) is 11.0 Å². The molecule has 0 aliphatic rings. The summed E-state index contributed by atoms with van der Waals surface area (Å²) in [5.41, 5.74) is 0.782. The minimum Gasteiger partial charge on any atom is -0.359 e. The lowest BCUT2D eigenvalue weighted by atomic mass is 10.1. The fourth-order valence-electron chi connectivity index (χ4n) is 2.11. The predicted octanol–water partition coefficient (Wildman–Crippen LogP) is 2.66. The molecule has 0 amide bonds. The van der Waals surface area contributed by atoms with E-state index in [4.69, 9.17) is 0 Å². The van der Waals surface area contributed by atoms with E-state index in [1.807, 2.05) is 0 Å². The van der Waals surface area contributed by atoms with E-state index in [2.05, 4.69) is 58.2 Å². The molecule has 0 aromatic carbocycles. The van der Waals surface area contributed by atoms with Gasteiger partial charge in [0.15, 0.2) is 5.65 Å². The molecule has 0 fully saturated rings. The van der Waals surface area contributed by atoms with Gasteiger partial charge < -0.3 is 10.2 Å². The molecule has 6 nitrogen and oxygen atoms in total. The van der Waals surface area contributed by atoms with Crippen molar-refractivity contribution < 1.29 is 0 Å². The number of aromatic nitrogens is 4. The number of nitrogens with zero attached hydrogens (tertiary/aromatic N) is 4. The van der Waals surface area contributed by atoms with Crippen molar-refractivity contribution in [2.24, 2.45) is 5.92 Å². The van der Waals surface area contributed by atoms with Crippen LogP contribution in [0.5, 0.6) is 0 Å². The summed E-state index contributed by atoms with van der Waals surface area (Å²) in [7, 11) is 2.07. The molecule has 6 heteroatoms. The maximum atomic E-state index is 4.64. The van der Waals surface area contributed by atoms with Gasteiger partial charge in [-0.2, -0.15) is 15.1 Å². The van der Waals surface area contributed by atoms with Gasteiger partial charge in [-0.05, 0) is 12.3 Å². The summed E-state index contributed by atoms with van der Waals surface area (Å²) in [6, 6.07) is 0. The standard InChI is InChI=1S/C14H24N6/c1-5-7-15-14-17-12-11(8-16-19-12)13(18-14)20(4)9-10(3)6-2/h8,10H,5-7,9H2,1-4H3,(H2,15,16,17,18,19). The van der Waals surface area contributed by atoms with Crippen LogP contribution in [0.2, 0.25) is 0 Å². The second-order valence-electron chi connectivity index (χ2n) is 5.32. The van der Waals surface area contributed by atoms with Gasteiger partial charge in [0.2, 0.25) is 5.95 Å². The Morgan fingerprint density at radius 3 is 2.85 bits per heavy atom. The molecule has 2 rings (SSSR count). The van der Waals surface area contributed by atoms with Gasteiger partial charge >= 0.3 is 0 Å². The molecule has 20 heavy (non-hydrogen) atoms. The van der Waals surface area contributed by atoms with Crippen molar-refractivity contribution in [2.45, 2.75) is 33.6 Å². The Morgan fingerprint density at radius 1 is 1.35 bits per heavy atom. The summed E-state index contributed by atoms with van der Waals surface area (Å²) in [5.74, 6) is 2.22. The van der Waals surface area contributed by atoms with E-state index in [9.17, 15) is 0 Å². The number of hydrogen-bond donors (Lipinski definition) is 2. The highest BCUT2D eigenvalue weighted by Crippen LogP contribution is 2.23. The average Bonchev–Trinajstić information content (AvgIpc) is 2.92. The van der Waals surface area contributed by atoms with Crippen LogP contribution in [0, 0.1) is 5.92 Å². The van der Waals surface area contributed by atoms with Gasteiger partial charge in [-0.15, -0.1) is 0 Å². The lowest BCUT2D eigenvalue weighted by Crippen LogP contribution is -2.25. The highest BCUT2D eigenvalue weighted by atomic mass is 15.2. The maximum Gasteiger partial charge on any atom is 0.226 e. The number of H-pyrrole nitrogens is 1. The molecule has 2 N–H and O–H groups in total. The van der Waals surface area contributed by atoms with E-state index in [1.165, 1.54) is 0 Å². The summed E-state index contributed by atoms with van der Waals surface area (Å²) < 4.78 is 0. The Hall–Kier alpha value is -1.85. The molecule has 1 unspecified atom stereocenters. The van der Waals surface area contributed by atoms with Crippen LogP contribution in [0.1, 0.15) is 33.6 Å². The minimum absolute atomic E-state index is 0.629. The van der Waals surface area contributed by atoms with Crippen molar-refractivity contribution in [1.82, 2.24) is 20.2 Å². The number of hydrogen-bond acceptors (Lipinski definition) is 5. The van der Waals surface area contributed by atoms with Crippen LogP contribution >= 0.6 is 0 Å². The van der Waals surface area contributed by atoms with Gasteiger partial charge in [0, 0.05) is 20.1 Å². The summed E-state index contributed by atoms with van der Waals surface area (Å²) >= 11 is 0. The van der Waals surface area contributed by atoms with Crippen LogP contribution in [-0.2, 0) is 0 Å². The Balaban J connectivity index is 2.31. The fourth-order valence-corrected chi connectivity index (χ4v) is 2.11. The first kappa shape index (κ1) is 14.6. The molecule has 0 aliphatic carbocycles. The summed E-state index contributed by atoms with van der Waals surface area (Å²) in [5, 5.41) is 11.2. The lowest BCUT2D eigenvalue weighted by molar-refractivity contribution is 0.558. The van der Waals surface area contributed by atoms with E-state index in [0.717, 1.165) is 42.8 Å². The molecule has 0 saturated heterocycles. The van der Waals surface area contributed by atoms with Gasteiger partial charge in [0.25, 0.3) is 0 Å². The number of aromatic amines is 1. The number of nitrogens with one attached hydrogen (secondary N) is 2. The third-order valence-corrected chi connectivity index (χ3v) is 3.47. The van der Waals surface area contributed by atoms with E-state index in [1.54, 1.807) is 6.20 Å². The number of fused-ring (bicyclic) bond motifs is 1. The largest absolute Gasteiger partial charge is 0.359 e. The highest BCUT2D eigenvalue weighted by Gasteiger charge is 2.14. The van der Waals surface area contributed by atoms with Crippen molar-refractivity contribution in [2.75, 3.05) is 30.4 Å². The molecule has 0 radical (unpaired) electrons. The number of anilines is 2. The first-order valence-corrected chi connectivity index (χ1v) is 7.31. The number of rotatable bonds is 7. The average molecular weight is 276 g/mol. The third kappa shape index (κ3) is 3.18. The van der Waals surface area contributed by atoms with Crippen molar-refractivity contribution in [1.29, 1.82) is 0 Å². The van der Waals surface area contributed by atoms with Gasteiger partial charge in [-0.25, -0.2) is 0 Å². The SMILES string of the molecule is CCCNc1nc(N(C)CC(C)CC)c2cn[nH]c2n1. The fraction of sp³-hybridized carbons (Fsp3) is 0.643. The second-order valence-corrected chi connectivity index (χ2v) is 5.32. The van der Waals surface area contributed by atoms with Gasteiger partial charge in [-0.3, -0.25) is 5.10 Å². The van der Waals surface area contributed by atoms with E-state index in [0.29, 0.717) is 11.9 Å². The van der Waals surface area contributed by atoms with Gasteiger partial charge in [-0.1, -0.05) is 27.2 Å². The van der Waals surface area contributed by atoms with E-state index < -0.39 is 0 Å². The molecule has 2 heterocycles. The van der Waals surface area contributed by atoms with Crippen molar-refractivity contribution in [3.05, 3.63) is 6.20 Å². The second kappa shape index (κ2) is 6.54. The van der Waals surface area contributed by atoms with E-state index >= 15 is 0 Å². The Kier molecular flexibility index (Phi) is 4.76. The molecule has 0 aliphatic heterocycles. The minimum atomic E-state index is 0.629. The summed E-state index contributed by atoms with van der Waals surface area (Å²) in [4.78, 5) is 11.3. The molecular weight excluding hydrogens is 252 g/mol. The quantitative estimate of drug-likeness (QED) is 0.813. The molecule has 2 aromatic rings. The lowest BCUT2D eigenvalue weighted by Gasteiger charge is -2.22. The van der Waals surface area contributed by atoms with Crippen LogP contribution in [0.15, 0.2) is 6.20 Å². The zero-order chi connectivity index (χ0) is 14.5. The van der Waals surface area contributed by atoms with E-state index in [-0.39, 0.29) is 0 Å². The molecule has 0 saturated carbocycles. The van der Waals surface area contributed by atoms with Crippen molar-refractivity contribution in [3.63, 3.8) is 0 Å². The molecule has 110 valence electrons. The zero-order valence-corrected chi connectivity index (χ0v) is 12.8. The zero-order valence-electron chi connectivity index (χ0n) is 12.8. The predicted molar refractivity (Wildman–Crippen MR) is 83.2 cm³/mol. The Morgan fingerprint density at radius 2 is 2.15 bits per heavy atom. The molecule has 1 atom stereocenters. The Bertz CT molecular complexity index is 550. The third-order valence-electron chi connectivity index (χ3n) is 3.47. The topological polar surface area (TPSA) is 69.7 Å².